The number of esters is 1. The molecule has 0 bridgehead atoms. The third-order valence-electron chi connectivity index (χ3n) is 3.72. The van der Waals surface area contributed by atoms with Crippen LogP contribution in [0.2, 0.25) is 0 Å². The normalized spacial score (nSPS) is 11.9. The molecule has 0 rings (SSSR count). The quantitative estimate of drug-likeness (QED) is 0.195. The Morgan fingerprint density at radius 2 is 1.22 bits per heavy atom. The summed E-state index contributed by atoms with van der Waals surface area (Å²) in [5, 5.41) is 0. The van der Waals surface area contributed by atoms with E-state index in [2.05, 4.69) is 48.1 Å². The van der Waals surface area contributed by atoms with Gasteiger partial charge in [0.05, 0.1) is 7.11 Å². The first-order valence-electron chi connectivity index (χ1n) is 9.33. The molecule has 0 radical (unpaired) electrons. The molecule has 0 saturated carbocycles. The third kappa shape index (κ3) is 18.6. The number of hydrogen-bond acceptors (Lipinski definition) is 2. The average Bonchev–Trinajstić information content (AvgIpc) is 2.57. The molecule has 0 aromatic carbocycles. The smallest absolute Gasteiger partial charge is 0.305 e. The van der Waals surface area contributed by atoms with E-state index in [1.807, 2.05) is 0 Å². The van der Waals surface area contributed by atoms with Gasteiger partial charge in [-0.2, -0.15) is 0 Å². The van der Waals surface area contributed by atoms with Gasteiger partial charge in [0, 0.05) is 6.42 Å². The SMILES string of the molecule is CCCCC/C=C\CCCC/C=C\C/C=C\CCCC(=O)OC. The fraction of sp³-hybridized carbons (Fsp3) is 0.667. The van der Waals surface area contributed by atoms with Crippen LogP contribution in [0.1, 0.15) is 84.0 Å². The molecular formula is C21H36O2. The first kappa shape index (κ1) is 21.7. The molecule has 132 valence electrons. The number of carbonyl (C=O) groups is 1. The lowest BCUT2D eigenvalue weighted by atomic mass is 10.1. The van der Waals surface area contributed by atoms with E-state index in [0.29, 0.717) is 6.42 Å². The van der Waals surface area contributed by atoms with Crippen molar-refractivity contribution >= 4 is 5.97 Å². The number of carbonyl (C=O) groups excluding carboxylic acids is 1. The predicted octanol–water partition coefficient (Wildman–Crippen LogP) is 6.53. The van der Waals surface area contributed by atoms with E-state index in [4.69, 9.17) is 0 Å². The van der Waals surface area contributed by atoms with E-state index in [9.17, 15) is 4.79 Å². The number of allylic oxidation sites excluding steroid dienone is 6. The molecule has 0 heterocycles. The lowest BCUT2D eigenvalue weighted by Crippen LogP contribution is -1.98. The molecule has 0 aromatic rings. The summed E-state index contributed by atoms with van der Waals surface area (Å²) in [6.45, 7) is 2.25. The molecule has 0 aliphatic rings. The van der Waals surface area contributed by atoms with Gasteiger partial charge in [-0.15, -0.1) is 0 Å². The fourth-order valence-corrected chi connectivity index (χ4v) is 2.25. The summed E-state index contributed by atoms with van der Waals surface area (Å²) < 4.78 is 4.60. The summed E-state index contributed by atoms with van der Waals surface area (Å²) in [6, 6.07) is 0. The largest absolute Gasteiger partial charge is 0.469 e. The van der Waals surface area contributed by atoms with Crippen molar-refractivity contribution in [2.75, 3.05) is 7.11 Å². The summed E-state index contributed by atoms with van der Waals surface area (Å²) in [6.07, 6.45) is 27.1. The van der Waals surface area contributed by atoms with Crippen molar-refractivity contribution in [3.63, 3.8) is 0 Å². The topological polar surface area (TPSA) is 26.3 Å². The Hall–Kier alpha value is -1.31. The van der Waals surface area contributed by atoms with Crippen molar-refractivity contribution < 1.29 is 9.53 Å². The summed E-state index contributed by atoms with van der Waals surface area (Å²) in [4.78, 5) is 10.9. The molecular weight excluding hydrogens is 284 g/mol. The Morgan fingerprint density at radius 3 is 1.74 bits per heavy atom. The first-order chi connectivity index (χ1) is 11.3. The van der Waals surface area contributed by atoms with Crippen molar-refractivity contribution in [2.24, 2.45) is 0 Å². The van der Waals surface area contributed by atoms with Gasteiger partial charge in [-0.05, 0) is 57.8 Å². The van der Waals surface area contributed by atoms with Crippen LogP contribution in [0.15, 0.2) is 36.5 Å². The molecule has 0 atom stereocenters. The van der Waals surface area contributed by atoms with Crippen molar-refractivity contribution in [3.8, 4) is 0 Å². The van der Waals surface area contributed by atoms with Crippen LogP contribution in [0.25, 0.3) is 0 Å². The zero-order valence-corrected chi connectivity index (χ0v) is 15.3. The minimum absolute atomic E-state index is 0.117. The summed E-state index contributed by atoms with van der Waals surface area (Å²) in [7, 11) is 1.44. The van der Waals surface area contributed by atoms with Crippen molar-refractivity contribution in [3.05, 3.63) is 36.5 Å². The molecule has 0 aromatic heterocycles. The molecule has 0 aliphatic carbocycles. The number of rotatable bonds is 15. The predicted molar refractivity (Wildman–Crippen MR) is 101 cm³/mol. The third-order valence-corrected chi connectivity index (χ3v) is 3.72. The van der Waals surface area contributed by atoms with Gasteiger partial charge in [-0.25, -0.2) is 0 Å². The second kappa shape index (κ2) is 18.7. The van der Waals surface area contributed by atoms with Crippen molar-refractivity contribution in [1.82, 2.24) is 0 Å². The van der Waals surface area contributed by atoms with Crippen LogP contribution >= 0.6 is 0 Å². The summed E-state index contributed by atoms with van der Waals surface area (Å²) in [5.41, 5.74) is 0. The average molecular weight is 321 g/mol. The van der Waals surface area contributed by atoms with Gasteiger partial charge < -0.3 is 4.74 Å². The van der Waals surface area contributed by atoms with E-state index in [-0.39, 0.29) is 5.97 Å². The zero-order valence-electron chi connectivity index (χ0n) is 15.3. The lowest BCUT2D eigenvalue weighted by molar-refractivity contribution is -0.140. The highest BCUT2D eigenvalue weighted by Crippen LogP contribution is 2.05. The van der Waals surface area contributed by atoms with Gasteiger partial charge in [0.25, 0.3) is 0 Å². The highest BCUT2D eigenvalue weighted by atomic mass is 16.5. The number of hydrogen-bond donors (Lipinski definition) is 0. The Morgan fingerprint density at radius 1 is 0.739 bits per heavy atom. The number of methoxy groups -OCH3 is 1. The standard InChI is InChI=1S/C21H36O2/c1-3-4-5-6-7-8-9-10-11-12-13-14-15-16-17-18-19-20-21(22)23-2/h7-8,13-14,16-17H,3-6,9-12,15,18-20H2,1-2H3/b8-7-,14-13-,17-16-. The minimum atomic E-state index is -0.117. The van der Waals surface area contributed by atoms with Crippen LogP contribution < -0.4 is 0 Å². The van der Waals surface area contributed by atoms with E-state index < -0.39 is 0 Å². The molecule has 0 N–H and O–H groups in total. The Bertz CT molecular complexity index is 340. The molecule has 0 unspecified atom stereocenters. The van der Waals surface area contributed by atoms with Gasteiger partial charge in [-0.1, -0.05) is 56.2 Å². The summed E-state index contributed by atoms with van der Waals surface area (Å²) in [5.74, 6) is -0.117. The lowest BCUT2D eigenvalue weighted by Gasteiger charge is -1.95. The maximum absolute atomic E-state index is 10.9. The molecule has 0 aliphatic heterocycles. The minimum Gasteiger partial charge on any atom is -0.469 e. The van der Waals surface area contributed by atoms with Crippen LogP contribution in [-0.4, -0.2) is 13.1 Å². The second-order valence-electron chi connectivity index (χ2n) is 5.90. The number of unbranched alkanes of at least 4 members (excludes halogenated alkanes) is 7. The number of ether oxygens (including phenoxy) is 1. The van der Waals surface area contributed by atoms with Crippen LogP contribution in [-0.2, 0) is 9.53 Å². The molecule has 2 nitrogen and oxygen atoms in total. The molecule has 23 heavy (non-hydrogen) atoms. The van der Waals surface area contributed by atoms with Crippen LogP contribution in [0.5, 0.6) is 0 Å². The van der Waals surface area contributed by atoms with Gasteiger partial charge in [0.15, 0.2) is 0 Å². The first-order valence-corrected chi connectivity index (χ1v) is 9.33. The van der Waals surface area contributed by atoms with E-state index >= 15 is 0 Å². The molecule has 0 fully saturated rings. The Labute approximate surface area is 143 Å². The van der Waals surface area contributed by atoms with Gasteiger partial charge in [0.2, 0.25) is 0 Å². The van der Waals surface area contributed by atoms with Crippen LogP contribution in [0, 0.1) is 0 Å². The highest BCUT2D eigenvalue weighted by molar-refractivity contribution is 5.68. The maximum Gasteiger partial charge on any atom is 0.305 e. The zero-order chi connectivity index (χ0) is 17.0. The van der Waals surface area contributed by atoms with Gasteiger partial charge in [0.1, 0.15) is 0 Å². The van der Waals surface area contributed by atoms with Gasteiger partial charge in [-0.3, -0.25) is 4.79 Å². The maximum atomic E-state index is 10.9. The van der Waals surface area contributed by atoms with E-state index in [1.165, 1.54) is 58.5 Å². The molecule has 2 heteroatoms. The van der Waals surface area contributed by atoms with Crippen LogP contribution in [0.4, 0.5) is 0 Å². The molecule has 0 amide bonds. The second-order valence-corrected chi connectivity index (χ2v) is 5.90. The van der Waals surface area contributed by atoms with Crippen molar-refractivity contribution in [2.45, 2.75) is 84.0 Å². The van der Waals surface area contributed by atoms with Crippen LogP contribution in [0.3, 0.4) is 0 Å². The monoisotopic (exact) mass is 320 g/mol. The summed E-state index contributed by atoms with van der Waals surface area (Å²) >= 11 is 0. The highest BCUT2D eigenvalue weighted by Gasteiger charge is 1.96. The Kier molecular flexibility index (Phi) is 17.7. The van der Waals surface area contributed by atoms with Crippen molar-refractivity contribution in [1.29, 1.82) is 0 Å². The molecule has 0 spiro atoms. The molecule has 0 saturated heterocycles. The van der Waals surface area contributed by atoms with E-state index in [1.54, 1.807) is 0 Å². The fourth-order valence-electron chi connectivity index (χ4n) is 2.25. The van der Waals surface area contributed by atoms with Gasteiger partial charge >= 0.3 is 5.97 Å². The Balaban J connectivity index is 3.29. The van der Waals surface area contributed by atoms with E-state index in [0.717, 1.165) is 19.3 Å².